The lowest BCUT2D eigenvalue weighted by molar-refractivity contribution is 0.627. The summed E-state index contributed by atoms with van der Waals surface area (Å²) in [6, 6.07) is 80.5. The lowest BCUT2D eigenvalue weighted by Crippen LogP contribution is -1.94. The summed E-state index contributed by atoms with van der Waals surface area (Å²) in [5, 5.41) is 9.82. The van der Waals surface area contributed by atoms with Gasteiger partial charge in [0, 0.05) is 0 Å². The molecule has 13 aromatic carbocycles. The summed E-state index contributed by atoms with van der Waals surface area (Å²) in [7, 11) is 0. The Bertz CT molecular complexity index is 4290. The molecule has 2 heteroatoms. The van der Waals surface area contributed by atoms with Crippen LogP contribution in [0.4, 0.5) is 8.78 Å². The third kappa shape index (κ3) is 5.44. The highest BCUT2D eigenvalue weighted by Gasteiger charge is 2.35. The first-order valence-corrected chi connectivity index (χ1v) is 24.0. The van der Waals surface area contributed by atoms with Crippen LogP contribution in [0.25, 0.3) is 154 Å². The molecule has 0 aliphatic heterocycles. The maximum Gasteiger partial charge on any atom is 0.123 e. The Morgan fingerprint density at radius 1 is 0.186 bits per heavy atom. The molecule has 0 saturated heterocycles. The minimum Gasteiger partial charge on any atom is -0.207 e. The molecule has 0 amide bonds. The summed E-state index contributed by atoms with van der Waals surface area (Å²) in [4.78, 5) is 0. The fourth-order valence-electron chi connectivity index (χ4n) is 12.4. The second-order valence-electron chi connectivity index (χ2n) is 18.8. The van der Waals surface area contributed by atoms with Gasteiger partial charge in [-0.05, 0) is 191 Å². The molecule has 0 spiro atoms. The van der Waals surface area contributed by atoms with Crippen LogP contribution in [0.2, 0.25) is 0 Å². The van der Waals surface area contributed by atoms with E-state index in [0.29, 0.717) is 0 Å². The second kappa shape index (κ2) is 14.8. The van der Waals surface area contributed by atoms with Crippen LogP contribution in [0, 0.1) is 11.6 Å². The molecule has 2 aliphatic carbocycles. The smallest absolute Gasteiger partial charge is 0.123 e. The SMILES string of the molecule is Fc1ccc(-c2ccc(-c3ccccc3)c3c2-c2ccc4c5c(-c6ccccc6)cc6c7c(ccc(c8cc(-c9ccccc9)c-3c2c84)c75)-c2c(-c3ccccc3)ccc(-c3ccc(F)cc3)c2-6)cc1. The van der Waals surface area contributed by atoms with Gasteiger partial charge in [0.1, 0.15) is 11.6 Å². The van der Waals surface area contributed by atoms with Gasteiger partial charge >= 0.3 is 0 Å². The maximum absolute atomic E-state index is 14.6. The van der Waals surface area contributed by atoms with Crippen LogP contribution in [0.15, 0.2) is 231 Å². The predicted octanol–water partition coefficient (Wildman–Crippen LogP) is 19.3. The van der Waals surface area contributed by atoms with E-state index in [-0.39, 0.29) is 11.6 Å². The quantitative estimate of drug-likeness (QED) is 0.115. The van der Waals surface area contributed by atoms with Crippen molar-refractivity contribution in [1.82, 2.24) is 0 Å². The Kier molecular flexibility index (Phi) is 8.24. The van der Waals surface area contributed by atoms with Gasteiger partial charge in [-0.1, -0.05) is 194 Å². The van der Waals surface area contributed by atoms with Crippen LogP contribution in [-0.4, -0.2) is 0 Å². The highest BCUT2D eigenvalue weighted by molar-refractivity contribution is 6.43. The summed E-state index contributed by atoms with van der Waals surface area (Å²) >= 11 is 0. The molecule has 324 valence electrons. The number of hydrogen-bond acceptors (Lipinski definition) is 0. The summed E-state index contributed by atoms with van der Waals surface area (Å²) in [6.07, 6.45) is 0. The van der Waals surface area contributed by atoms with Gasteiger partial charge in [-0.25, -0.2) is 8.78 Å². The molecule has 0 bridgehead atoms. The molecular weight excluding hydrogens is 855 g/mol. The minimum atomic E-state index is -0.252. The van der Waals surface area contributed by atoms with Crippen molar-refractivity contribution in [2.75, 3.05) is 0 Å². The first-order chi connectivity index (χ1) is 34.6. The van der Waals surface area contributed by atoms with E-state index in [1.807, 2.05) is 24.3 Å². The zero-order valence-corrected chi connectivity index (χ0v) is 37.7. The molecule has 0 nitrogen and oxygen atoms in total. The normalized spacial score (nSPS) is 12.1. The molecule has 0 fully saturated rings. The van der Waals surface area contributed by atoms with E-state index in [1.54, 1.807) is 24.3 Å². The number of halogens is 2. The molecule has 0 atom stereocenters. The van der Waals surface area contributed by atoms with Crippen molar-refractivity contribution >= 4 is 43.1 Å². The molecule has 0 heterocycles. The van der Waals surface area contributed by atoms with E-state index in [1.165, 1.54) is 110 Å². The van der Waals surface area contributed by atoms with Crippen molar-refractivity contribution in [3.05, 3.63) is 242 Å². The Morgan fingerprint density at radius 2 is 0.571 bits per heavy atom. The van der Waals surface area contributed by atoms with Gasteiger partial charge in [-0.2, -0.15) is 0 Å². The molecule has 13 aromatic rings. The van der Waals surface area contributed by atoms with Crippen LogP contribution < -0.4 is 0 Å². The van der Waals surface area contributed by atoms with E-state index in [9.17, 15) is 8.78 Å². The van der Waals surface area contributed by atoms with Crippen molar-refractivity contribution in [3.8, 4) is 111 Å². The van der Waals surface area contributed by atoms with Crippen molar-refractivity contribution < 1.29 is 8.78 Å². The van der Waals surface area contributed by atoms with Crippen LogP contribution in [0.1, 0.15) is 0 Å². The van der Waals surface area contributed by atoms with E-state index < -0.39 is 0 Å². The molecule has 0 saturated carbocycles. The summed E-state index contributed by atoms with van der Waals surface area (Å²) < 4.78 is 29.2. The highest BCUT2D eigenvalue weighted by Crippen LogP contribution is 2.63. The van der Waals surface area contributed by atoms with Gasteiger partial charge in [0.2, 0.25) is 0 Å². The van der Waals surface area contributed by atoms with E-state index in [2.05, 4.69) is 182 Å². The Balaban J connectivity index is 1.14. The molecule has 70 heavy (non-hydrogen) atoms. The molecule has 15 rings (SSSR count). The van der Waals surface area contributed by atoms with Gasteiger partial charge in [0.15, 0.2) is 0 Å². The Labute approximate surface area is 403 Å². The Morgan fingerprint density at radius 3 is 1.09 bits per heavy atom. The molecule has 0 N–H and O–H groups in total. The van der Waals surface area contributed by atoms with Gasteiger partial charge in [0.25, 0.3) is 0 Å². The first kappa shape index (κ1) is 39.1. The average molecular weight is 893 g/mol. The molecule has 0 unspecified atom stereocenters. The zero-order valence-electron chi connectivity index (χ0n) is 37.7. The maximum atomic E-state index is 14.6. The zero-order chi connectivity index (χ0) is 46.2. The fraction of sp³-hybridized carbons (Fsp3) is 0. The number of fused-ring (bicyclic) bond motifs is 8. The summed E-state index contributed by atoms with van der Waals surface area (Å²) in [5.41, 5.74) is 22.9. The largest absolute Gasteiger partial charge is 0.207 e. The van der Waals surface area contributed by atoms with E-state index in [4.69, 9.17) is 0 Å². The van der Waals surface area contributed by atoms with Crippen molar-refractivity contribution in [2.45, 2.75) is 0 Å². The molecular formula is C68H38F2. The third-order valence-electron chi connectivity index (χ3n) is 15.2. The van der Waals surface area contributed by atoms with Gasteiger partial charge < -0.3 is 0 Å². The first-order valence-electron chi connectivity index (χ1n) is 24.0. The van der Waals surface area contributed by atoms with Crippen molar-refractivity contribution in [1.29, 1.82) is 0 Å². The molecule has 0 aromatic heterocycles. The number of rotatable bonds is 6. The lowest BCUT2D eigenvalue weighted by atomic mass is 9.81. The predicted molar refractivity (Wildman–Crippen MR) is 289 cm³/mol. The lowest BCUT2D eigenvalue weighted by Gasteiger charge is -2.22. The van der Waals surface area contributed by atoms with Crippen LogP contribution in [0.5, 0.6) is 0 Å². The van der Waals surface area contributed by atoms with Crippen molar-refractivity contribution in [3.63, 3.8) is 0 Å². The Hall–Kier alpha value is -8.98. The van der Waals surface area contributed by atoms with Gasteiger partial charge in [-0.3, -0.25) is 0 Å². The third-order valence-corrected chi connectivity index (χ3v) is 15.2. The van der Waals surface area contributed by atoms with Crippen LogP contribution >= 0.6 is 0 Å². The van der Waals surface area contributed by atoms with Crippen LogP contribution in [-0.2, 0) is 0 Å². The van der Waals surface area contributed by atoms with E-state index >= 15 is 0 Å². The minimum absolute atomic E-state index is 0.251. The summed E-state index contributed by atoms with van der Waals surface area (Å²) in [5.74, 6) is -0.503. The molecule has 0 radical (unpaired) electrons. The topological polar surface area (TPSA) is 0 Å². The fourth-order valence-corrected chi connectivity index (χ4v) is 12.4. The summed E-state index contributed by atoms with van der Waals surface area (Å²) in [6.45, 7) is 0. The van der Waals surface area contributed by atoms with E-state index in [0.717, 1.165) is 44.5 Å². The monoisotopic (exact) mass is 892 g/mol. The second-order valence-corrected chi connectivity index (χ2v) is 18.8. The highest BCUT2D eigenvalue weighted by atomic mass is 19.1. The number of benzene rings is 13. The average Bonchev–Trinajstić information content (AvgIpc) is 3.95. The van der Waals surface area contributed by atoms with Crippen LogP contribution in [0.3, 0.4) is 0 Å². The molecule has 2 aliphatic rings. The number of hydrogen-bond donors (Lipinski definition) is 0. The van der Waals surface area contributed by atoms with Gasteiger partial charge in [0.05, 0.1) is 0 Å². The van der Waals surface area contributed by atoms with Gasteiger partial charge in [-0.15, -0.1) is 0 Å². The van der Waals surface area contributed by atoms with Crippen molar-refractivity contribution in [2.24, 2.45) is 0 Å². The standard InChI is InChI=1S/C68H38F2/c69-45-25-21-43(22-26-45)48-31-32-50(40-15-7-2-8-16-40)65-60(48)54-36-35-53-62-55(41-17-9-3-10-18-41)38-58-61-49(44-23-27-46(70)28-24-44)30-29-47(39-13-5-1-6-14-39)59(61)52-34-33-51(66(62)64(52)58)57-37-56(42-19-11-4-12-20-42)68(65)67(54)63(53)57/h1-38H.